The lowest BCUT2D eigenvalue weighted by atomic mass is 9.97. The van der Waals surface area contributed by atoms with Crippen LogP contribution in [0, 0.1) is 0 Å². The summed E-state index contributed by atoms with van der Waals surface area (Å²) in [5.74, 6) is 0.714. The first-order chi connectivity index (χ1) is 12.1. The Morgan fingerprint density at radius 1 is 1.27 bits per heavy atom. The van der Waals surface area contributed by atoms with E-state index in [0.29, 0.717) is 5.96 Å². The number of hydrogen-bond donors (Lipinski definition) is 2. The Balaban J connectivity index is 0.00000338. The molecule has 0 spiro atoms. The molecule has 6 nitrogen and oxygen atoms in total. The van der Waals surface area contributed by atoms with Gasteiger partial charge in [0, 0.05) is 33.8 Å². The van der Waals surface area contributed by atoms with E-state index in [1.165, 1.54) is 37.7 Å². The van der Waals surface area contributed by atoms with Crippen LogP contribution < -0.4 is 10.6 Å². The number of amides is 1. The second-order valence-corrected chi connectivity index (χ2v) is 7.11. The van der Waals surface area contributed by atoms with Crippen molar-refractivity contribution in [1.82, 2.24) is 15.5 Å². The van der Waals surface area contributed by atoms with Gasteiger partial charge in [0.15, 0.2) is 5.96 Å². The van der Waals surface area contributed by atoms with Crippen LogP contribution in [0.3, 0.4) is 0 Å². The van der Waals surface area contributed by atoms with Crippen LogP contribution in [-0.2, 0) is 9.53 Å². The fourth-order valence-corrected chi connectivity index (χ4v) is 3.11. The quantitative estimate of drug-likeness (QED) is 0.256. The van der Waals surface area contributed by atoms with Crippen LogP contribution in [0.4, 0.5) is 0 Å². The molecule has 7 heteroatoms. The molecule has 1 heterocycles. The van der Waals surface area contributed by atoms with Crippen molar-refractivity contribution in [2.24, 2.45) is 4.99 Å². The molecule has 1 saturated heterocycles. The molecular formula is C19H35IN4O2. The first-order valence-electron chi connectivity index (χ1n) is 9.67. The van der Waals surface area contributed by atoms with Gasteiger partial charge in [-0.15, -0.1) is 24.0 Å². The van der Waals surface area contributed by atoms with Crippen molar-refractivity contribution < 1.29 is 9.53 Å². The summed E-state index contributed by atoms with van der Waals surface area (Å²) in [5, 5.41) is 6.72. The smallest absolute Gasteiger partial charge is 0.243 e. The van der Waals surface area contributed by atoms with Crippen molar-refractivity contribution in [2.75, 3.05) is 40.3 Å². The highest BCUT2D eigenvalue weighted by atomic mass is 127. The van der Waals surface area contributed by atoms with E-state index in [4.69, 9.17) is 4.74 Å². The van der Waals surface area contributed by atoms with Crippen molar-refractivity contribution in [2.45, 2.75) is 57.5 Å². The standard InChI is InChI=1S/C19H34N4O2.HI/c1-23(2)18(24)15-22-19(21-14-17-10-6-7-13-25-17)20-12-11-16-8-4-3-5-9-16;/h8,17H,3-7,9-15H2,1-2H3,(H2,20,21,22);1H. The van der Waals surface area contributed by atoms with Crippen LogP contribution in [-0.4, -0.2) is 63.2 Å². The number of nitrogens with one attached hydrogen (secondary N) is 2. The summed E-state index contributed by atoms with van der Waals surface area (Å²) in [6, 6.07) is 0. The minimum atomic E-state index is 0. The van der Waals surface area contributed by atoms with Crippen molar-refractivity contribution in [1.29, 1.82) is 0 Å². The van der Waals surface area contributed by atoms with Crippen LogP contribution in [0.15, 0.2) is 16.6 Å². The fraction of sp³-hybridized carbons (Fsp3) is 0.789. The predicted octanol–water partition coefficient (Wildman–Crippen LogP) is 2.69. The Hall–Kier alpha value is -0.830. The van der Waals surface area contributed by atoms with Crippen LogP contribution in [0.25, 0.3) is 0 Å². The highest BCUT2D eigenvalue weighted by Gasteiger charge is 2.14. The second-order valence-electron chi connectivity index (χ2n) is 7.11. The molecule has 1 fully saturated rings. The number of carbonyl (C=O) groups excluding carboxylic acids is 1. The van der Waals surface area contributed by atoms with Crippen LogP contribution in [0.1, 0.15) is 51.4 Å². The molecule has 0 bridgehead atoms. The molecule has 1 unspecified atom stereocenters. The van der Waals surface area contributed by atoms with Gasteiger partial charge in [-0.25, -0.2) is 4.99 Å². The van der Waals surface area contributed by atoms with Gasteiger partial charge in [-0.05, 0) is 51.4 Å². The van der Waals surface area contributed by atoms with E-state index in [2.05, 4.69) is 21.7 Å². The lowest BCUT2D eigenvalue weighted by Gasteiger charge is -2.24. The number of guanidine groups is 1. The molecule has 2 rings (SSSR count). The molecule has 0 aromatic rings. The zero-order chi connectivity index (χ0) is 17.9. The number of hydrogen-bond acceptors (Lipinski definition) is 3. The van der Waals surface area contributed by atoms with Crippen molar-refractivity contribution in [3.63, 3.8) is 0 Å². The summed E-state index contributed by atoms with van der Waals surface area (Å²) < 4.78 is 5.76. The Kier molecular flexibility index (Phi) is 11.9. The zero-order valence-electron chi connectivity index (χ0n) is 16.3. The van der Waals surface area contributed by atoms with Gasteiger partial charge in [0.2, 0.25) is 5.91 Å². The number of likely N-dealkylation sites (N-methyl/N-ethyl adjacent to an activating group) is 1. The van der Waals surface area contributed by atoms with E-state index < -0.39 is 0 Å². The average molecular weight is 478 g/mol. The van der Waals surface area contributed by atoms with E-state index >= 15 is 0 Å². The van der Waals surface area contributed by atoms with Crippen molar-refractivity contribution >= 4 is 35.8 Å². The maximum absolute atomic E-state index is 11.8. The SMILES string of the molecule is CN(C)C(=O)CN=C(NCCC1=CCCCC1)NCC1CCCCO1.I. The maximum atomic E-state index is 11.8. The van der Waals surface area contributed by atoms with E-state index in [0.717, 1.165) is 39.0 Å². The third-order valence-electron chi connectivity index (χ3n) is 4.77. The molecule has 150 valence electrons. The topological polar surface area (TPSA) is 66.0 Å². The molecule has 2 aliphatic rings. The molecule has 2 N–H and O–H groups in total. The molecule has 0 saturated carbocycles. The van der Waals surface area contributed by atoms with Gasteiger partial charge < -0.3 is 20.3 Å². The lowest BCUT2D eigenvalue weighted by molar-refractivity contribution is -0.127. The lowest BCUT2D eigenvalue weighted by Crippen LogP contribution is -2.43. The van der Waals surface area contributed by atoms with Gasteiger partial charge in [-0.2, -0.15) is 0 Å². The zero-order valence-corrected chi connectivity index (χ0v) is 18.6. The van der Waals surface area contributed by atoms with Crippen molar-refractivity contribution in [3.8, 4) is 0 Å². The highest BCUT2D eigenvalue weighted by molar-refractivity contribution is 14.0. The normalized spacial score (nSPS) is 20.6. The van der Waals surface area contributed by atoms with Crippen LogP contribution >= 0.6 is 24.0 Å². The highest BCUT2D eigenvalue weighted by Crippen LogP contribution is 2.19. The van der Waals surface area contributed by atoms with Gasteiger partial charge in [0.1, 0.15) is 6.54 Å². The van der Waals surface area contributed by atoms with E-state index in [1.807, 2.05) is 0 Å². The summed E-state index contributed by atoms with van der Waals surface area (Å²) in [7, 11) is 3.51. The number of ether oxygens (including phenoxy) is 1. The third-order valence-corrected chi connectivity index (χ3v) is 4.77. The van der Waals surface area contributed by atoms with Gasteiger partial charge in [0.05, 0.1) is 6.10 Å². The maximum Gasteiger partial charge on any atom is 0.243 e. The first-order valence-corrected chi connectivity index (χ1v) is 9.67. The Bertz CT molecular complexity index is 474. The van der Waals surface area contributed by atoms with Gasteiger partial charge in [-0.3, -0.25) is 4.79 Å². The Morgan fingerprint density at radius 2 is 2.12 bits per heavy atom. The minimum absolute atomic E-state index is 0. The molecule has 1 aliphatic carbocycles. The number of halogens is 1. The van der Waals surface area contributed by atoms with Gasteiger partial charge in [-0.1, -0.05) is 11.6 Å². The number of rotatable bonds is 7. The predicted molar refractivity (Wildman–Crippen MR) is 117 cm³/mol. The molecule has 0 radical (unpaired) electrons. The minimum Gasteiger partial charge on any atom is -0.376 e. The molecule has 1 atom stereocenters. The average Bonchev–Trinajstić information content (AvgIpc) is 2.64. The largest absolute Gasteiger partial charge is 0.376 e. The number of nitrogens with zero attached hydrogens (tertiary/aromatic N) is 2. The van der Waals surface area contributed by atoms with Crippen molar-refractivity contribution in [3.05, 3.63) is 11.6 Å². The third kappa shape index (κ3) is 9.21. The van der Waals surface area contributed by atoms with E-state index in [9.17, 15) is 4.79 Å². The first kappa shape index (κ1) is 23.2. The summed E-state index contributed by atoms with van der Waals surface area (Å²) in [6.07, 6.45) is 12.2. The summed E-state index contributed by atoms with van der Waals surface area (Å²) in [6.45, 7) is 2.60. The Morgan fingerprint density at radius 3 is 2.77 bits per heavy atom. The number of carbonyl (C=O) groups is 1. The monoisotopic (exact) mass is 478 g/mol. The van der Waals surface area contributed by atoms with Gasteiger partial charge in [0.25, 0.3) is 0 Å². The molecule has 0 aromatic carbocycles. The number of aliphatic imine (C=N–C) groups is 1. The fourth-order valence-electron chi connectivity index (χ4n) is 3.11. The second kappa shape index (κ2) is 13.4. The van der Waals surface area contributed by atoms with E-state index in [1.54, 1.807) is 19.0 Å². The van der Waals surface area contributed by atoms with Crippen LogP contribution in [0.2, 0.25) is 0 Å². The molecule has 26 heavy (non-hydrogen) atoms. The molecule has 0 aromatic heterocycles. The summed E-state index contributed by atoms with van der Waals surface area (Å²) in [5.41, 5.74) is 1.54. The molecule has 1 amide bonds. The van der Waals surface area contributed by atoms with E-state index in [-0.39, 0.29) is 42.5 Å². The summed E-state index contributed by atoms with van der Waals surface area (Å²) >= 11 is 0. The number of allylic oxidation sites excluding steroid dienone is 1. The molecular weight excluding hydrogens is 443 g/mol. The Labute approximate surface area is 175 Å². The van der Waals surface area contributed by atoms with Crippen LogP contribution in [0.5, 0.6) is 0 Å². The molecule has 1 aliphatic heterocycles. The van der Waals surface area contributed by atoms with Gasteiger partial charge >= 0.3 is 0 Å². The summed E-state index contributed by atoms with van der Waals surface area (Å²) in [4.78, 5) is 17.8.